The van der Waals surface area contributed by atoms with E-state index in [1.807, 2.05) is 24.0 Å². The zero-order valence-corrected chi connectivity index (χ0v) is 11.3. The van der Waals surface area contributed by atoms with Gasteiger partial charge in [0, 0.05) is 12.2 Å². The van der Waals surface area contributed by atoms with E-state index < -0.39 is 0 Å². The highest BCUT2D eigenvalue weighted by molar-refractivity contribution is 7.98. The van der Waals surface area contributed by atoms with Gasteiger partial charge in [-0.3, -0.25) is 16.3 Å². The maximum Gasteiger partial charge on any atom is 0.137 e. The largest absolute Gasteiger partial charge is 0.492 e. The van der Waals surface area contributed by atoms with Gasteiger partial charge in [0.25, 0.3) is 0 Å². The lowest BCUT2D eigenvalue weighted by Gasteiger charge is -2.16. The number of hydrogen-bond acceptors (Lipinski definition) is 5. The Labute approximate surface area is 107 Å². The van der Waals surface area contributed by atoms with Crippen LogP contribution in [0.3, 0.4) is 0 Å². The number of hydrogen-bond donors (Lipinski definition) is 2. The highest BCUT2D eigenvalue weighted by Gasteiger charge is 2.10. The van der Waals surface area contributed by atoms with Crippen LogP contribution >= 0.6 is 11.8 Å². The summed E-state index contributed by atoms with van der Waals surface area (Å²) in [6.07, 6.45) is 7.64. The van der Waals surface area contributed by atoms with Crippen LogP contribution in [0.15, 0.2) is 18.5 Å². The molecule has 0 aliphatic heterocycles. The minimum Gasteiger partial charge on any atom is -0.492 e. The van der Waals surface area contributed by atoms with E-state index in [1.165, 1.54) is 0 Å². The minimum absolute atomic E-state index is 0.139. The normalized spacial score (nSPS) is 12.4. The number of thioether (sulfide) groups is 1. The van der Waals surface area contributed by atoms with Gasteiger partial charge in [0.05, 0.1) is 12.8 Å². The van der Waals surface area contributed by atoms with E-state index in [9.17, 15) is 0 Å². The monoisotopic (exact) mass is 255 g/mol. The average Bonchev–Trinajstić information content (AvgIpc) is 2.38. The zero-order chi connectivity index (χ0) is 12.5. The van der Waals surface area contributed by atoms with Gasteiger partial charge in [-0.25, -0.2) is 0 Å². The molecule has 0 spiro atoms. The Morgan fingerprint density at radius 3 is 3.00 bits per heavy atom. The minimum atomic E-state index is 0.139. The Kier molecular flexibility index (Phi) is 7.00. The van der Waals surface area contributed by atoms with E-state index in [4.69, 9.17) is 10.6 Å². The van der Waals surface area contributed by atoms with Gasteiger partial charge >= 0.3 is 0 Å². The first-order valence-electron chi connectivity index (χ1n) is 5.84. The molecule has 1 rings (SSSR count). The van der Waals surface area contributed by atoms with Crippen molar-refractivity contribution < 1.29 is 4.74 Å². The number of nitrogens with one attached hydrogen (secondary N) is 1. The lowest BCUT2D eigenvalue weighted by atomic mass is 10.1. The van der Waals surface area contributed by atoms with Crippen molar-refractivity contribution in [1.82, 2.24) is 10.4 Å². The summed E-state index contributed by atoms with van der Waals surface area (Å²) in [5, 5.41) is 0. The predicted octanol–water partition coefficient (Wildman–Crippen LogP) is 2.13. The lowest BCUT2D eigenvalue weighted by molar-refractivity contribution is 0.315. The highest BCUT2D eigenvalue weighted by atomic mass is 32.2. The lowest BCUT2D eigenvalue weighted by Crippen LogP contribution is -2.28. The van der Waals surface area contributed by atoms with Crippen LogP contribution in [0, 0.1) is 0 Å². The van der Waals surface area contributed by atoms with Crippen molar-refractivity contribution in [2.75, 3.05) is 18.6 Å². The van der Waals surface area contributed by atoms with Gasteiger partial charge in [0.2, 0.25) is 0 Å². The number of aromatic nitrogens is 1. The summed E-state index contributed by atoms with van der Waals surface area (Å²) >= 11 is 1.81. The highest BCUT2D eigenvalue weighted by Crippen LogP contribution is 2.21. The van der Waals surface area contributed by atoms with Crippen LogP contribution in [0.2, 0.25) is 0 Å². The van der Waals surface area contributed by atoms with Gasteiger partial charge < -0.3 is 4.74 Å². The van der Waals surface area contributed by atoms with E-state index in [0.29, 0.717) is 0 Å². The summed E-state index contributed by atoms with van der Waals surface area (Å²) in [5.74, 6) is 7.45. The molecule has 5 heteroatoms. The summed E-state index contributed by atoms with van der Waals surface area (Å²) in [4.78, 5) is 4.19. The molecule has 4 nitrogen and oxygen atoms in total. The van der Waals surface area contributed by atoms with Gasteiger partial charge in [-0.05, 0) is 36.5 Å². The molecule has 1 aromatic rings. The van der Waals surface area contributed by atoms with Crippen molar-refractivity contribution in [2.24, 2.45) is 5.84 Å². The van der Waals surface area contributed by atoms with Gasteiger partial charge in [-0.2, -0.15) is 11.8 Å². The van der Waals surface area contributed by atoms with Crippen LogP contribution in [0.4, 0.5) is 0 Å². The molecule has 1 unspecified atom stereocenters. The van der Waals surface area contributed by atoms with Crippen molar-refractivity contribution >= 4 is 11.8 Å². The van der Waals surface area contributed by atoms with Gasteiger partial charge in [-0.1, -0.05) is 6.92 Å². The third-order valence-corrected chi connectivity index (χ3v) is 3.07. The molecule has 0 radical (unpaired) electrons. The molecule has 1 aromatic heterocycles. The molecular weight excluding hydrogens is 234 g/mol. The molecule has 0 aliphatic carbocycles. The zero-order valence-electron chi connectivity index (χ0n) is 10.5. The number of hydrazine groups is 1. The first kappa shape index (κ1) is 14.3. The molecule has 0 bridgehead atoms. The first-order chi connectivity index (χ1) is 8.31. The molecule has 1 atom stereocenters. The molecule has 0 saturated heterocycles. The third kappa shape index (κ3) is 4.93. The predicted molar refractivity (Wildman–Crippen MR) is 73.1 cm³/mol. The molecule has 3 N–H and O–H groups in total. The van der Waals surface area contributed by atoms with E-state index in [0.717, 1.165) is 36.5 Å². The van der Waals surface area contributed by atoms with Gasteiger partial charge in [-0.15, -0.1) is 0 Å². The Morgan fingerprint density at radius 1 is 1.53 bits per heavy atom. The summed E-state index contributed by atoms with van der Waals surface area (Å²) < 4.78 is 5.56. The van der Waals surface area contributed by atoms with Crippen molar-refractivity contribution in [3.8, 4) is 5.75 Å². The molecule has 0 amide bonds. The van der Waals surface area contributed by atoms with E-state index >= 15 is 0 Å². The second-order valence-corrected chi connectivity index (χ2v) is 4.79. The molecule has 0 saturated carbocycles. The Bertz CT molecular complexity index is 322. The maximum atomic E-state index is 5.57. The number of pyridine rings is 1. The second kappa shape index (κ2) is 8.33. The summed E-state index contributed by atoms with van der Waals surface area (Å²) in [6, 6.07) is 2.15. The Hall–Kier alpha value is -0.780. The van der Waals surface area contributed by atoms with Crippen LogP contribution in [0.25, 0.3) is 0 Å². The standard InChI is InChI=1S/C12H21N3OS/c1-3-5-16-11-7-10(8-14-9-11)12(15-13)4-6-17-2/h7-9,12,15H,3-6,13H2,1-2H3. The van der Waals surface area contributed by atoms with Crippen molar-refractivity contribution in [3.05, 3.63) is 24.0 Å². The van der Waals surface area contributed by atoms with Crippen LogP contribution in [0.1, 0.15) is 31.4 Å². The average molecular weight is 255 g/mol. The quantitative estimate of drug-likeness (QED) is 0.550. The van der Waals surface area contributed by atoms with E-state index in [1.54, 1.807) is 6.20 Å². The topological polar surface area (TPSA) is 60.2 Å². The molecular formula is C12H21N3OS. The summed E-state index contributed by atoms with van der Waals surface area (Å²) in [5.41, 5.74) is 3.91. The van der Waals surface area contributed by atoms with Crippen LogP contribution < -0.4 is 16.0 Å². The SMILES string of the molecule is CCCOc1cncc(C(CCSC)NN)c1. The maximum absolute atomic E-state index is 5.57. The third-order valence-electron chi connectivity index (χ3n) is 2.42. The van der Waals surface area contributed by atoms with Crippen LogP contribution in [-0.4, -0.2) is 23.6 Å². The molecule has 17 heavy (non-hydrogen) atoms. The summed E-state index contributed by atoms with van der Waals surface area (Å²) in [7, 11) is 0. The Morgan fingerprint density at radius 2 is 2.35 bits per heavy atom. The fraction of sp³-hybridized carbons (Fsp3) is 0.583. The molecule has 1 heterocycles. The van der Waals surface area contributed by atoms with Crippen molar-refractivity contribution in [2.45, 2.75) is 25.8 Å². The van der Waals surface area contributed by atoms with Crippen LogP contribution in [-0.2, 0) is 0 Å². The van der Waals surface area contributed by atoms with Crippen molar-refractivity contribution in [1.29, 1.82) is 0 Å². The molecule has 0 fully saturated rings. The fourth-order valence-corrected chi connectivity index (χ4v) is 1.98. The van der Waals surface area contributed by atoms with Crippen molar-refractivity contribution in [3.63, 3.8) is 0 Å². The first-order valence-corrected chi connectivity index (χ1v) is 7.24. The van der Waals surface area contributed by atoms with Gasteiger partial charge in [0.1, 0.15) is 5.75 Å². The Balaban J connectivity index is 2.66. The van der Waals surface area contributed by atoms with E-state index in [-0.39, 0.29) is 6.04 Å². The number of nitrogens with zero attached hydrogens (tertiary/aromatic N) is 1. The molecule has 0 aromatic carbocycles. The molecule has 96 valence electrons. The molecule has 0 aliphatic rings. The number of ether oxygens (including phenoxy) is 1. The number of rotatable bonds is 8. The smallest absolute Gasteiger partial charge is 0.137 e. The summed E-state index contributed by atoms with van der Waals surface area (Å²) in [6.45, 7) is 2.80. The number of nitrogens with two attached hydrogens (primary N) is 1. The second-order valence-electron chi connectivity index (χ2n) is 3.80. The van der Waals surface area contributed by atoms with E-state index in [2.05, 4.69) is 23.6 Å². The van der Waals surface area contributed by atoms with Gasteiger partial charge in [0.15, 0.2) is 0 Å². The fourth-order valence-electron chi connectivity index (χ4n) is 1.51. The van der Waals surface area contributed by atoms with Crippen LogP contribution in [0.5, 0.6) is 5.75 Å².